The number of benzene rings is 1. The predicted octanol–water partition coefficient (Wildman–Crippen LogP) is 2.04. The van der Waals surface area contributed by atoms with E-state index >= 15 is 0 Å². The van der Waals surface area contributed by atoms with Crippen LogP contribution in [0.25, 0.3) is 0 Å². The highest BCUT2D eigenvalue weighted by Gasteiger charge is 2.11. The van der Waals surface area contributed by atoms with Crippen molar-refractivity contribution in [3.05, 3.63) is 28.8 Å². The van der Waals surface area contributed by atoms with Gasteiger partial charge in [-0.25, -0.2) is 8.78 Å². The average Bonchev–Trinajstić information content (AvgIpc) is 2.26. The Labute approximate surface area is 97.7 Å². The first-order valence-corrected chi connectivity index (χ1v) is 4.95. The first-order valence-electron chi connectivity index (χ1n) is 4.95. The quantitative estimate of drug-likeness (QED) is 0.368. The smallest absolute Gasteiger partial charge is 0.272 e. The maximum Gasteiger partial charge on any atom is 0.272 e. The van der Waals surface area contributed by atoms with Gasteiger partial charge in [0, 0.05) is 5.56 Å². The van der Waals surface area contributed by atoms with E-state index in [1.807, 2.05) is 0 Å². The molecule has 0 radical (unpaired) electrons. The van der Waals surface area contributed by atoms with Gasteiger partial charge in [0.2, 0.25) is 0 Å². The number of nitrogens with two attached hydrogens (primary N) is 1. The Hall–Kier alpha value is -1.85. The minimum Gasteiger partial charge on any atom is -0.487 e. The number of oxime groups is 1. The molecular weight excluding hydrogens is 230 g/mol. The van der Waals surface area contributed by atoms with Crippen LogP contribution in [-0.2, 0) is 0 Å². The van der Waals surface area contributed by atoms with Gasteiger partial charge in [-0.3, -0.25) is 0 Å². The third-order valence-corrected chi connectivity index (χ3v) is 2.22. The van der Waals surface area contributed by atoms with Crippen LogP contribution < -0.4 is 10.5 Å². The zero-order valence-electron chi connectivity index (χ0n) is 9.58. The molecule has 94 valence electrons. The van der Waals surface area contributed by atoms with Gasteiger partial charge in [-0.2, -0.15) is 0 Å². The summed E-state index contributed by atoms with van der Waals surface area (Å²) in [6.45, 7) is 2.77. The van der Waals surface area contributed by atoms with Crippen LogP contribution in [0.1, 0.15) is 16.7 Å². The number of alkyl halides is 2. The van der Waals surface area contributed by atoms with E-state index in [0.717, 1.165) is 0 Å². The fraction of sp³-hybridized carbons (Fsp3) is 0.364. The number of hydrogen-bond acceptors (Lipinski definition) is 3. The minimum atomic E-state index is -2.52. The Morgan fingerprint density at radius 2 is 1.94 bits per heavy atom. The molecule has 1 rings (SSSR count). The summed E-state index contributed by atoms with van der Waals surface area (Å²) >= 11 is 0. The Bertz CT molecular complexity index is 410. The molecule has 3 N–H and O–H groups in total. The average molecular weight is 244 g/mol. The van der Waals surface area contributed by atoms with Crippen LogP contribution in [0.3, 0.4) is 0 Å². The first-order chi connectivity index (χ1) is 7.95. The molecule has 17 heavy (non-hydrogen) atoms. The molecule has 4 nitrogen and oxygen atoms in total. The third kappa shape index (κ3) is 3.30. The van der Waals surface area contributed by atoms with E-state index in [2.05, 4.69) is 5.16 Å². The molecule has 0 aliphatic carbocycles. The molecule has 0 bridgehead atoms. The lowest BCUT2D eigenvalue weighted by molar-refractivity contribution is 0.0812. The number of aryl methyl sites for hydroxylation is 2. The summed E-state index contributed by atoms with van der Waals surface area (Å²) in [6, 6.07) is 3.23. The number of hydrogen-bond donors (Lipinski definition) is 2. The van der Waals surface area contributed by atoms with Crippen LogP contribution >= 0.6 is 0 Å². The maximum atomic E-state index is 12.0. The summed E-state index contributed by atoms with van der Waals surface area (Å²) in [5.41, 5.74) is 7.28. The van der Waals surface area contributed by atoms with Gasteiger partial charge >= 0.3 is 0 Å². The fourth-order valence-electron chi connectivity index (χ4n) is 1.53. The summed E-state index contributed by atoms with van der Waals surface area (Å²) in [4.78, 5) is 0. The highest BCUT2D eigenvalue weighted by atomic mass is 19.3. The van der Waals surface area contributed by atoms with Crippen LogP contribution in [0.15, 0.2) is 17.3 Å². The van der Waals surface area contributed by atoms with Crippen molar-refractivity contribution in [1.29, 1.82) is 0 Å². The molecule has 0 aliphatic rings. The van der Waals surface area contributed by atoms with Crippen molar-refractivity contribution in [2.45, 2.75) is 20.3 Å². The van der Waals surface area contributed by atoms with Gasteiger partial charge in [-0.1, -0.05) is 5.16 Å². The summed E-state index contributed by atoms with van der Waals surface area (Å²) in [5, 5.41) is 11.4. The van der Waals surface area contributed by atoms with Gasteiger partial charge in [0.05, 0.1) is 0 Å². The second-order valence-corrected chi connectivity index (χ2v) is 3.63. The van der Waals surface area contributed by atoms with Gasteiger partial charge in [-0.05, 0) is 37.1 Å². The highest BCUT2D eigenvalue weighted by molar-refractivity contribution is 5.97. The molecule has 0 heterocycles. The molecule has 1 aromatic rings. The standard InChI is InChI=1S/C11H14F2N2O2/c1-6-3-8(11(14)15-16)4-7(2)10(6)17-5-9(12)13/h3-4,9,16H,5H2,1-2H3,(H2,14,15). The molecule has 0 aliphatic heterocycles. The summed E-state index contributed by atoms with van der Waals surface area (Å²) in [5.74, 6) is 0.372. The monoisotopic (exact) mass is 244 g/mol. The lowest BCUT2D eigenvalue weighted by Gasteiger charge is -2.13. The molecule has 0 amide bonds. The molecule has 0 fully saturated rings. The molecule has 6 heteroatoms. The predicted molar refractivity (Wildman–Crippen MR) is 59.9 cm³/mol. The summed E-state index contributed by atoms with van der Waals surface area (Å²) in [7, 11) is 0. The third-order valence-electron chi connectivity index (χ3n) is 2.22. The van der Waals surface area contributed by atoms with E-state index in [-0.39, 0.29) is 5.84 Å². The number of halogens is 2. The van der Waals surface area contributed by atoms with Crippen molar-refractivity contribution in [3.63, 3.8) is 0 Å². The lowest BCUT2D eigenvalue weighted by atomic mass is 10.1. The van der Waals surface area contributed by atoms with Crippen molar-refractivity contribution in [1.82, 2.24) is 0 Å². The van der Waals surface area contributed by atoms with Crippen LogP contribution in [0.5, 0.6) is 5.75 Å². The number of ether oxygens (including phenoxy) is 1. The second kappa shape index (κ2) is 5.47. The van der Waals surface area contributed by atoms with E-state index in [4.69, 9.17) is 15.7 Å². The van der Waals surface area contributed by atoms with Gasteiger partial charge in [0.1, 0.15) is 12.4 Å². The Balaban J connectivity index is 3.02. The topological polar surface area (TPSA) is 67.8 Å². The lowest BCUT2D eigenvalue weighted by Crippen LogP contribution is -2.14. The fourth-order valence-corrected chi connectivity index (χ4v) is 1.53. The number of amidine groups is 1. The van der Waals surface area contributed by atoms with Crippen LogP contribution in [-0.4, -0.2) is 24.1 Å². The number of rotatable bonds is 4. The molecular formula is C11H14F2N2O2. The number of nitrogens with zero attached hydrogens (tertiary/aromatic N) is 1. The Kier molecular flexibility index (Phi) is 4.25. The van der Waals surface area contributed by atoms with E-state index < -0.39 is 13.0 Å². The van der Waals surface area contributed by atoms with Crippen LogP contribution in [0.2, 0.25) is 0 Å². The summed E-state index contributed by atoms with van der Waals surface area (Å²) < 4.78 is 29.1. The van der Waals surface area contributed by atoms with Crippen LogP contribution in [0, 0.1) is 13.8 Å². The zero-order valence-corrected chi connectivity index (χ0v) is 9.58. The van der Waals surface area contributed by atoms with Crippen molar-refractivity contribution < 1.29 is 18.7 Å². The van der Waals surface area contributed by atoms with E-state index in [9.17, 15) is 8.78 Å². The van der Waals surface area contributed by atoms with Crippen molar-refractivity contribution in [3.8, 4) is 5.75 Å². The highest BCUT2D eigenvalue weighted by Crippen LogP contribution is 2.25. The van der Waals surface area contributed by atoms with Gasteiger partial charge in [0.15, 0.2) is 5.84 Å². The van der Waals surface area contributed by atoms with Gasteiger partial charge in [-0.15, -0.1) is 0 Å². The van der Waals surface area contributed by atoms with Crippen molar-refractivity contribution in [2.75, 3.05) is 6.61 Å². The van der Waals surface area contributed by atoms with E-state index in [0.29, 0.717) is 22.4 Å². The summed E-state index contributed by atoms with van der Waals surface area (Å²) in [6.07, 6.45) is -2.52. The SMILES string of the molecule is Cc1cc(C(N)=NO)cc(C)c1OCC(F)F. The van der Waals surface area contributed by atoms with E-state index in [1.54, 1.807) is 26.0 Å². The first kappa shape index (κ1) is 13.2. The Morgan fingerprint density at radius 1 is 1.41 bits per heavy atom. The maximum absolute atomic E-state index is 12.0. The largest absolute Gasteiger partial charge is 0.487 e. The molecule has 0 atom stereocenters. The Morgan fingerprint density at radius 3 is 2.35 bits per heavy atom. The molecule has 1 aromatic carbocycles. The van der Waals surface area contributed by atoms with Crippen LogP contribution in [0.4, 0.5) is 8.78 Å². The molecule has 0 saturated carbocycles. The second-order valence-electron chi connectivity index (χ2n) is 3.63. The van der Waals surface area contributed by atoms with Crippen molar-refractivity contribution in [2.24, 2.45) is 10.9 Å². The van der Waals surface area contributed by atoms with Gasteiger partial charge < -0.3 is 15.7 Å². The molecule has 0 saturated heterocycles. The normalized spacial score (nSPS) is 11.9. The zero-order chi connectivity index (χ0) is 13.0. The molecule has 0 aromatic heterocycles. The van der Waals surface area contributed by atoms with E-state index in [1.165, 1.54) is 0 Å². The van der Waals surface area contributed by atoms with Crippen molar-refractivity contribution >= 4 is 5.84 Å². The molecule has 0 spiro atoms. The molecule has 0 unspecified atom stereocenters. The minimum absolute atomic E-state index is 0.0309. The van der Waals surface area contributed by atoms with Gasteiger partial charge in [0.25, 0.3) is 6.43 Å².